The van der Waals surface area contributed by atoms with Crippen LogP contribution < -0.4 is 5.32 Å². The lowest BCUT2D eigenvalue weighted by molar-refractivity contribution is 0.0937. The van der Waals surface area contributed by atoms with Gasteiger partial charge in [-0.1, -0.05) is 30.1 Å². The predicted octanol–water partition coefficient (Wildman–Crippen LogP) is 3.31. The van der Waals surface area contributed by atoms with E-state index in [1.165, 1.54) is 18.6 Å². The minimum atomic E-state index is -0.129. The van der Waals surface area contributed by atoms with Gasteiger partial charge in [-0.3, -0.25) is 4.79 Å². The van der Waals surface area contributed by atoms with Crippen LogP contribution in [0, 0.1) is 5.92 Å². The maximum Gasteiger partial charge on any atom is 0.251 e. The number of rotatable bonds is 2. The Morgan fingerprint density at radius 1 is 1.35 bits per heavy atom. The van der Waals surface area contributed by atoms with Gasteiger partial charge >= 0.3 is 0 Å². The van der Waals surface area contributed by atoms with E-state index in [2.05, 4.69) is 17.2 Å². The molecule has 0 aliphatic heterocycles. The third-order valence-electron chi connectivity index (χ3n) is 3.06. The first-order chi connectivity index (χ1) is 8.04. The fraction of sp³-hybridized carbons (Fsp3) is 0.500. The molecule has 0 saturated heterocycles. The van der Waals surface area contributed by atoms with Crippen molar-refractivity contribution in [3.8, 4) is 0 Å². The van der Waals surface area contributed by atoms with Crippen molar-refractivity contribution >= 4 is 29.1 Å². The molecule has 0 aromatic carbocycles. The van der Waals surface area contributed by atoms with Crippen LogP contribution in [0.25, 0.3) is 0 Å². The van der Waals surface area contributed by atoms with E-state index in [0.29, 0.717) is 11.5 Å². The number of hydrogen-bond acceptors (Lipinski definition) is 2. The van der Waals surface area contributed by atoms with Crippen molar-refractivity contribution in [3.63, 3.8) is 0 Å². The Balaban J connectivity index is 2.04. The number of aromatic nitrogens is 1. The average Bonchev–Trinajstić information content (AvgIpc) is 2.62. The number of nitrogens with zero attached hydrogens (tertiary/aromatic N) is 1. The summed E-state index contributed by atoms with van der Waals surface area (Å²) >= 11 is 11.5. The molecular weight excluding hydrogens is 259 g/mol. The van der Waals surface area contributed by atoms with Crippen LogP contribution in [0.5, 0.6) is 0 Å². The number of carbonyl (C=O) groups is 1. The standard InChI is InChI=1S/C12H14Cl2N2O/c1-7-2-3-9(4-7)15-12(17)8-5-10(13)16-11(14)6-8/h5-7,9H,2-4H2,1H3,(H,15,17). The molecule has 1 aliphatic rings. The van der Waals surface area contributed by atoms with Crippen molar-refractivity contribution in [2.24, 2.45) is 5.92 Å². The number of nitrogens with one attached hydrogen (secondary N) is 1. The van der Waals surface area contributed by atoms with Gasteiger partial charge in [-0.05, 0) is 37.3 Å². The zero-order valence-electron chi connectivity index (χ0n) is 9.54. The second-order valence-electron chi connectivity index (χ2n) is 4.59. The van der Waals surface area contributed by atoms with Crippen molar-refractivity contribution in [1.29, 1.82) is 0 Å². The van der Waals surface area contributed by atoms with Crippen LogP contribution in [0.15, 0.2) is 12.1 Å². The number of halogens is 2. The third-order valence-corrected chi connectivity index (χ3v) is 3.44. The molecule has 1 aliphatic carbocycles. The smallest absolute Gasteiger partial charge is 0.251 e. The summed E-state index contributed by atoms with van der Waals surface area (Å²) in [5.41, 5.74) is 0.467. The fourth-order valence-electron chi connectivity index (χ4n) is 2.20. The molecule has 1 fully saturated rings. The summed E-state index contributed by atoms with van der Waals surface area (Å²) in [5, 5.41) is 3.47. The molecule has 3 nitrogen and oxygen atoms in total. The molecule has 92 valence electrons. The first-order valence-electron chi connectivity index (χ1n) is 5.68. The highest BCUT2D eigenvalue weighted by Gasteiger charge is 2.23. The number of hydrogen-bond donors (Lipinski definition) is 1. The average molecular weight is 273 g/mol. The molecule has 1 aromatic rings. The first-order valence-corrected chi connectivity index (χ1v) is 6.44. The van der Waals surface area contributed by atoms with Crippen molar-refractivity contribution in [2.45, 2.75) is 32.2 Å². The van der Waals surface area contributed by atoms with E-state index in [1.54, 1.807) is 0 Å². The molecule has 5 heteroatoms. The Labute approximate surface area is 111 Å². The highest BCUT2D eigenvalue weighted by Crippen LogP contribution is 2.25. The summed E-state index contributed by atoms with van der Waals surface area (Å²) in [4.78, 5) is 15.8. The van der Waals surface area contributed by atoms with E-state index in [4.69, 9.17) is 23.2 Å². The molecule has 0 bridgehead atoms. The van der Waals surface area contributed by atoms with Gasteiger partial charge in [0.2, 0.25) is 0 Å². The second-order valence-corrected chi connectivity index (χ2v) is 5.36. The molecule has 0 radical (unpaired) electrons. The van der Waals surface area contributed by atoms with Crippen LogP contribution in [0.3, 0.4) is 0 Å². The summed E-state index contributed by atoms with van der Waals surface area (Å²) in [7, 11) is 0. The molecular formula is C12H14Cl2N2O. The van der Waals surface area contributed by atoms with Crippen molar-refractivity contribution in [2.75, 3.05) is 0 Å². The highest BCUT2D eigenvalue weighted by molar-refractivity contribution is 6.33. The topological polar surface area (TPSA) is 42.0 Å². The summed E-state index contributed by atoms with van der Waals surface area (Å²) in [6.07, 6.45) is 3.25. The zero-order valence-corrected chi connectivity index (χ0v) is 11.1. The molecule has 1 amide bonds. The monoisotopic (exact) mass is 272 g/mol. The molecule has 2 unspecified atom stereocenters. The van der Waals surface area contributed by atoms with Gasteiger partial charge in [0.05, 0.1) is 0 Å². The number of amides is 1. The van der Waals surface area contributed by atoms with Crippen LogP contribution in [-0.2, 0) is 0 Å². The van der Waals surface area contributed by atoms with Crippen LogP contribution >= 0.6 is 23.2 Å². The zero-order chi connectivity index (χ0) is 12.4. The largest absolute Gasteiger partial charge is 0.349 e. The van der Waals surface area contributed by atoms with Gasteiger partial charge in [0.15, 0.2) is 0 Å². The Hall–Kier alpha value is -0.800. The SMILES string of the molecule is CC1CCC(NC(=O)c2cc(Cl)nc(Cl)c2)C1. The van der Waals surface area contributed by atoms with Crippen LogP contribution in [-0.4, -0.2) is 16.9 Å². The molecule has 2 rings (SSSR count). The fourth-order valence-corrected chi connectivity index (χ4v) is 2.66. The van der Waals surface area contributed by atoms with Crippen molar-refractivity contribution in [1.82, 2.24) is 10.3 Å². The summed E-state index contributed by atoms with van der Waals surface area (Å²) in [5.74, 6) is 0.556. The number of carbonyl (C=O) groups excluding carboxylic acids is 1. The molecule has 2 atom stereocenters. The Morgan fingerprint density at radius 3 is 2.53 bits per heavy atom. The van der Waals surface area contributed by atoms with E-state index >= 15 is 0 Å². The first kappa shape index (κ1) is 12.7. The van der Waals surface area contributed by atoms with Crippen LogP contribution in [0.4, 0.5) is 0 Å². The number of pyridine rings is 1. The normalized spacial score (nSPS) is 23.7. The highest BCUT2D eigenvalue weighted by atomic mass is 35.5. The van der Waals surface area contributed by atoms with Gasteiger partial charge in [-0.2, -0.15) is 0 Å². The maximum absolute atomic E-state index is 12.0. The lowest BCUT2D eigenvalue weighted by atomic mass is 10.1. The second kappa shape index (κ2) is 5.23. The van der Waals surface area contributed by atoms with E-state index in [-0.39, 0.29) is 22.3 Å². The Morgan fingerprint density at radius 2 is 2.00 bits per heavy atom. The molecule has 1 aromatic heterocycles. The molecule has 0 spiro atoms. The van der Waals surface area contributed by atoms with Gasteiger partial charge < -0.3 is 5.32 Å². The van der Waals surface area contributed by atoms with E-state index in [0.717, 1.165) is 12.8 Å². The van der Waals surface area contributed by atoms with Gasteiger partial charge in [0, 0.05) is 11.6 Å². The third kappa shape index (κ3) is 3.33. The minimum absolute atomic E-state index is 0.129. The molecule has 17 heavy (non-hydrogen) atoms. The summed E-state index contributed by atoms with van der Waals surface area (Å²) in [6.45, 7) is 2.20. The van der Waals surface area contributed by atoms with Gasteiger partial charge in [-0.15, -0.1) is 0 Å². The van der Waals surface area contributed by atoms with E-state index < -0.39 is 0 Å². The predicted molar refractivity (Wildman–Crippen MR) is 68.5 cm³/mol. The maximum atomic E-state index is 12.0. The van der Waals surface area contributed by atoms with Crippen molar-refractivity contribution < 1.29 is 4.79 Å². The molecule has 1 saturated carbocycles. The Bertz CT molecular complexity index is 416. The molecule has 1 heterocycles. The minimum Gasteiger partial charge on any atom is -0.349 e. The van der Waals surface area contributed by atoms with Crippen molar-refractivity contribution in [3.05, 3.63) is 28.0 Å². The van der Waals surface area contributed by atoms with Crippen LogP contribution in [0.1, 0.15) is 36.5 Å². The van der Waals surface area contributed by atoms with E-state index in [9.17, 15) is 4.79 Å². The lowest BCUT2D eigenvalue weighted by Gasteiger charge is -2.12. The summed E-state index contributed by atoms with van der Waals surface area (Å²) in [6, 6.07) is 3.32. The quantitative estimate of drug-likeness (QED) is 0.840. The van der Waals surface area contributed by atoms with Gasteiger partial charge in [-0.25, -0.2) is 4.98 Å². The van der Waals surface area contributed by atoms with Gasteiger partial charge in [0.25, 0.3) is 5.91 Å². The Kier molecular flexibility index (Phi) is 3.89. The van der Waals surface area contributed by atoms with Crippen LogP contribution in [0.2, 0.25) is 10.3 Å². The van der Waals surface area contributed by atoms with E-state index in [1.807, 2.05) is 0 Å². The lowest BCUT2D eigenvalue weighted by Crippen LogP contribution is -2.32. The summed E-state index contributed by atoms with van der Waals surface area (Å²) < 4.78 is 0. The van der Waals surface area contributed by atoms with Gasteiger partial charge in [0.1, 0.15) is 10.3 Å². The molecule has 1 N–H and O–H groups in total.